The van der Waals surface area contributed by atoms with E-state index in [1.807, 2.05) is 18.9 Å². The Bertz CT molecular complexity index is 361. The summed E-state index contributed by atoms with van der Waals surface area (Å²) in [5.74, 6) is 0.720. The molecule has 0 bridgehead atoms. The van der Waals surface area contributed by atoms with E-state index in [1.165, 1.54) is 10.5 Å². The summed E-state index contributed by atoms with van der Waals surface area (Å²) in [6, 6.07) is 8.50. The van der Waals surface area contributed by atoms with Gasteiger partial charge in [0.15, 0.2) is 0 Å². The van der Waals surface area contributed by atoms with E-state index in [9.17, 15) is 0 Å². The number of hydrogen-bond donors (Lipinski definition) is 0. The van der Waals surface area contributed by atoms with Gasteiger partial charge in [0.1, 0.15) is 0 Å². The van der Waals surface area contributed by atoms with Gasteiger partial charge in [-0.25, -0.2) is 4.31 Å². The monoisotopic (exact) mass is 271 g/mol. The van der Waals surface area contributed by atoms with E-state index in [1.54, 1.807) is 0 Å². The molecule has 1 atom stereocenters. The average molecular weight is 272 g/mol. The number of ether oxygens (including phenoxy) is 1. The Kier molecular flexibility index (Phi) is 5.16. The highest BCUT2D eigenvalue weighted by molar-refractivity contribution is 7.97. The van der Waals surface area contributed by atoms with E-state index >= 15 is 0 Å². The summed E-state index contributed by atoms with van der Waals surface area (Å²) >= 11 is 7.57. The molecule has 0 N–H and O–H groups in total. The first-order chi connectivity index (χ1) is 8.35. The summed E-state index contributed by atoms with van der Waals surface area (Å²) < 4.78 is 8.18. The Labute approximate surface area is 112 Å². The fourth-order valence-electron chi connectivity index (χ4n) is 2.01. The van der Waals surface area contributed by atoms with Crippen molar-refractivity contribution in [3.05, 3.63) is 29.8 Å². The molecule has 17 heavy (non-hydrogen) atoms. The molecule has 0 fully saturated rings. The molecule has 1 aliphatic heterocycles. The van der Waals surface area contributed by atoms with Crippen molar-refractivity contribution in [2.45, 2.75) is 24.3 Å². The van der Waals surface area contributed by atoms with Gasteiger partial charge in [-0.3, -0.25) is 0 Å². The molecule has 0 spiro atoms. The van der Waals surface area contributed by atoms with Crippen molar-refractivity contribution in [2.75, 3.05) is 25.6 Å². The van der Waals surface area contributed by atoms with Crippen LogP contribution >= 0.6 is 23.5 Å². The molecule has 1 aromatic carbocycles. The van der Waals surface area contributed by atoms with Crippen molar-refractivity contribution in [2.24, 2.45) is 0 Å². The molecule has 0 saturated carbocycles. The first-order valence-electron chi connectivity index (χ1n) is 6.04. The Morgan fingerprint density at radius 2 is 2.29 bits per heavy atom. The summed E-state index contributed by atoms with van der Waals surface area (Å²) in [6.07, 6.45) is 1.23. The average Bonchev–Trinajstić information content (AvgIpc) is 2.37. The standard InChI is InChI=1S/C13H18ClNOS/c1-2-16-12-10-15(9-5-8-14)17-13-7-4-3-6-11(12)13/h3-4,6-7,12H,2,5,8-10H2,1H3. The summed E-state index contributed by atoms with van der Waals surface area (Å²) in [7, 11) is 0. The third-order valence-corrected chi connectivity index (χ3v) is 4.20. The fourth-order valence-corrected chi connectivity index (χ4v) is 3.28. The first kappa shape index (κ1) is 13.2. The van der Waals surface area contributed by atoms with Gasteiger partial charge >= 0.3 is 0 Å². The van der Waals surface area contributed by atoms with Crippen LogP contribution in [0.4, 0.5) is 0 Å². The molecule has 94 valence electrons. The third-order valence-electron chi connectivity index (χ3n) is 2.77. The molecule has 4 heteroatoms. The Morgan fingerprint density at radius 1 is 1.47 bits per heavy atom. The van der Waals surface area contributed by atoms with E-state index in [4.69, 9.17) is 16.3 Å². The molecule has 1 aliphatic rings. The normalized spacial score (nSPS) is 20.2. The van der Waals surface area contributed by atoms with Crippen molar-refractivity contribution >= 4 is 23.5 Å². The second kappa shape index (κ2) is 6.64. The Morgan fingerprint density at radius 3 is 3.06 bits per heavy atom. The second-order valence-electron chi connectivity index (χ2n) is 4.00. The van der Waals surface area contributed by atoms with Gasteiger partial charge in [-0.05, 0) is 36.9 Å². The van der Waals surface area contributed by atoms with Gasteiger partial charge in [-0.15, -0.1) is 11.6 Å². The zero-order valence-electron chi connectivity index (χ0n) is 10.1. The lowest BCUT2D eigenvalue weighted by atomic mass is 10.1. The molecular weight excluding hydrogens is 254 g/mol. The minimum atomic E-state index is 0.202. The van der Waals surface area contributed by atoms with Gasteiger partial charge in [0.05, 0.1) is 6.10 Å². The molecule has 0 radical (unpaired) electrons. The number of alkyl halides is 1. The number of benzene rings is 1. The van der Waals surface area contributed by atoms with Gasteiger partial charge in [0, 0.05) is 30.5 Å². The summed E-state index contributed by atoms with van der Waals surface area (Å²) in [5.41, 5.74) is 1.32. The molecule has 0 aromatic heterocycles. The lowest BCUT2D eigenvalue weighted by molar-refractivity contribution is 0.0457. The maximum Gasteiger partial charge on any atom is 0.0972 e. The van der Waals surface area contributed by atoms with Crippen LogP contribution in [-0.4, -0.2) is 29.9 Å². The number of halogens is 1. The molecule has 2 rings (SSSR count). The summed E-state index contributed by atoms with van der Waals surface area (Å²) in [6.45, 7) is 4.78. The highest BCUT2D eigenvalue weighted by Gasteiger charge is 2.25. The smallest absolute Gasteiger partial charge is 0.0972 e. The maximum atomic E-state index is 5.83. The predicted octanol–water partition coefficient (Wildman–Crippen LogP) is 3.72. The van der Waals surface area contributed by atoms with E-state index in [-0.39, 0.29) is 6.10 Å². The zero-order chi connectivity index (χ0) is 12.1. The van der Waals surface area contributed by atoms with E-state index in [0.29, 0.717) is 0 Å². The molecule has 2 nitrogen and oxygen atoms in total. The largest absolute Gasteiger partial charge is 0.372 e. The Balaban J connectivity index is 2.11. The van der Waals surface area contributed by atoms with Crippen LogP contribution in [-0.2, 0) is 4.74 Å². The highest BCUT2D eigenvalue weighted by Crippen LogP contribution is 2.38. The molecule has 1 heterocycles. The topological polar surface area (TPSA) is 12.5 Å². The van der Waals surface area contributed by atoms with E-state index in [0.717, 1.165) is 32.0 Å². The minimum absolute atomic E-state index is 0.202. The van der Waals surface area contributed by atoms with Crippen LogP contribution in [0.25, 0.3) is 0 Å². The van der Waals surface area contributed by atoms with Crippen LogP contribution in [0.5, 0.6) is 0 Å². The van der Waals surface area contributed by atoms with E-state index < -0.39 is 0 Å². The van der Waals surface area contributed by atoms with Crippen molar-refractivity contribution < 1.29 is 4.74 Å². The molecule has 1 unspecified atom stereocenters. The Hall–Kier alpha value is -0.220. The van der Waals surface area contributed by atoms with Crippen LogP contribution in [0.1, 0.15) is 25.0 Å². The van der Waals surface area contributed by atoms with Crippen molar-refractivity contribution in [1.29, 1.82) is 0 Å². The predicted molar refractivity (Wildman–Crippen MR) is 73.6 cm³/mol. The van der Waals surface area contributed by atoms with Gasteiger partial charge in [0.25, 0.3) is 0 Å². The molecule has 1 aromatic rings. The minimum Gasteiger partial charge on any atom is -0.372 e. The summed E-state index contributed by atoms with van der Waals surface area (Å²) in [5, 5.41) is 0. The van der Waals surface area contributed by atoms with Crippen molar-refractivity contribution in [3.8, 4) is 0 Å². The van der Waals surface area contributed by atoms with Gasteiger partial charge < -0.3 is 4.74 Å². The van der Waals surface area contributed by atoms with Crippen molar-refractivity contribution in [1.82, 2.24) is 4.31 Å². The molecule has 0 aliphatic carbocycles. The maximum absolute atomic E-state index is 5.83. The summed E-state index contributed by atoms with van der Waals surface area (Å²) in [4.78, 5) is 1.31. The molecule has 0 amide bonds. The van der Waals surface area contributed by atoms with Gasteiger partial charge in [-0.2, -0.15) is 0 Å². The van der Waals surface area contributed by atoms with Crippen LogP contribution in [0, 0.1) is 0 Å². The first-order valence-corrected chi connectivity index (χ1v) is 7.35. The molecular formula is C13H18ClNOS. The van der Waals surface area contributed by atoms with Crippen LogP contribution in [0.15, 0.2) is 29.2 Å². The van der Waals surface area contributed by atoms with Crippen LogP contribution in [0.3, 0.4) is 0 Å². The fraction of sp³-hybridized carbons (Fsp3) is 0.538. The number of fused-ring (bicyclic) bond motifs is 1. The van der Waals surface area contributed by atoms with Crippen LogP contribution in [0.2, 0.25) is 0 Å². The third kappa shape index (κ3) is 3.38. The number of nitrogens with zero attached hydrogens (tertiary/aromatic N) is 1. The second-order valence-corrected chi connectivity index (χ2v) is 5.52. The number of hydrogen-bond acceptors (Lipinski definition) is 3. The quantitative estimate of drug-likeness (QED) is 0.598. The SMILES string of the molecule is CCOC1CN(CCCCl)Sc2ccccc21. The highest BCUT2D eigenvalue weighted by atomic mass is 35.5. The zero-order valence-corrected chi connectivity index (χ0v) is 11.6. The lowest BCUT2D eigenvalue weighted by Gasteiger charge is -2.33. The van der Waals surface area contributed by atoms with Crippen molar-refractivity contribution in [3.63, 3.8) is 0 Å². The number of rotatable bonds is 5. The van der Waals surface area contributed by atoms with E-state index in [2.05, 4.69) is 28.6 Å². The van der Waals surface area contributed by atoms with Gasteiger partial charge in [0.2, 0.25) is 0 Å². The van der Waals surface area contributed by atoms with Gasteiger partial charge in [-0.1, -0.05) is 18.2 Å². The van der Waals surface area contributed by atoms with Crippen LogP contribution < -0.4 is 0 Å². The molecule has 0 saturated heterocycles. The lowest BCUT2D eigenvalue weighted by Crippen LogP contribution is -2.29.